The Morgan fingerprint density at radius 1 is 0.893 bits per heavy atom. The molecule has 0 aliphatic carbocycles. The zero-order chi connectivity index (χ0) is 20.1. The molecule has 7 heteroatoms. The van der Waals surface area contributed by atoms with Gasteiger partial charge in [-0.2, -0.15) is 0 Å². The average molecular weight is 388 g/mol. The number of hydrogen-bond donors (Lipinski definition) is 4. The molecule has 0 radical (unpaired) electrons. The summed E-state index contributed by atoms with van der Waals surface area (Å²) in [6.07, 6.45) is -2.84. The predicted molar refractivity (Wildman–Crippen MR) is 103 cm³/mol. The van der Waals surface area contributed by atoms with E-state index >= 15 is 0 Å². The smallest absolute Gasteiger partial charge is 0.229 e. The standard InChI is InChI=1S/C21H24O7/c1-26-16-11-14(8-7-13-5-3-2-4-6-13)9-10-15(16)27-21-20(25)19(24)18(23)17(12-22)28-21/h2-11,17-25H,12H2,1H3/t17-,18-,19+,20-,21?/m1/s1. The highest BCUT2D eigenvalue weighted by molar-refractivity contribution is 5.70. The summed E-state index contributed by atoms with van der Waals surface area (Å²) in [5, 5.41) is 39.1. The van der Waals surface area contributed by atoms with Crippen LogP contribution in [0, 0.1) is 0 Å². The van der Waals surface area contributed by atoms with E-state index in [1.54, 1.807) is 18.2 Å². The maximum atomic E-state index is 10.1. The van der Waals surface area contributed by atoms with Gasteiger partial charge < -0.3 is 34.6 Å². The van der Waals surface area contributed by atoms with Gasteiger partial charge in [0.25, 0.3) is 0 Å². The summed E-state index contributed by atoms with van der Waals surface area (Å²) in [6.45, 7) is -0.523. The Bertz CT molecular complexity index is 791. The normalized spacial score (nSPS) is 27.7. The number of benzene rings is 2. The molecule has 0 bridgehead atoms. The van der Waals surface area contributed by atoms with Gasteiger partial charge in [0, 0.05) is 0 Å². The van der Waals surface area contributed by atoms with Gasteiger partial charge in [-0.1, -0.05) is 48.6 Å². The monoisotopic (exact) mass is 388 g/mol. The van der Waals surface area contributed by atoms with E-state index in [-0.39, 0.29) is 0 Å². The molecule has 2 aromatic rings. The van der Waals surface area contributed by atoms with Crippen LogP contribution in [0.1, 0.15) is 11.1 Å². The number of aliphatic hydroxyl groups excluding tert-OH is 4. The first-order chi connectivity index (χ1) is 13.5. The maximum Gasteiger partial charge on any atom is 0.229 e. The highest BCUT2D eigenvalue weighted by Gasteiger charge is 2.44. The molecular formula is C21H24O7. The van der Waals surface area contributed by atoms with Crippen LogP contribution in [0.25, 0.3) is 12.2 Å². The molecule has 3 rings (SSSR count). The van der Waals surface area contributed by atoms with E-state index in [0.29, 0.717) is 11.5 Å². The van der Waals surface area contributed by atoms with Gasteiger partial charge in [0.05, 0.1) is 13.7 Å². The highest BCUT2D eigenvalue weighted by Crippen LogP contribution is 2.32. The molecule has 150 valence electrons. The first kappa shape index (κ1) is 20.3. The van der Waals surface area contributed by atoms with E-state index in [4.69, 9.17) is 14.2 Å². The van der Waals surface area contributed by atoms with Gasteiger partial charge in [-0.05, 0) is 23.3 Å². The van der Waals surface area contributed by atoms with Crippen LogP contribution in [0.4, 0.5) is 0 Å². The van der Waals surface area contributed by atoms with Gasteiger partial charge in [-0.25, -0.2) is 0 Å². The van der Waals surface area contributed by atoms with Crippen molar-refractivity contribution in [2.45, 2.75) is 30.7 Å². The number of ether oxygens (including phenoxy) is 3. The van der Waals surface area contributed by atoms with Crippen LogP contribution in [-0.2, 0) is 4.74 Å². The Morgan fingerprint density at radius 3 is 2.29 bits per heavy atom. The molecule has 7 nitrogen and oxygen atoms in total. The molecule has 0 amide bonds. The molecule has 0 spiro atoms. The lowest BCUT2D eigenvalue weighted by atomic mass is 9.99. The number of rotatable bonds is 6. The Hall–Kier alpha value is -2.42. The fraction of sp³-hybridized carbons (Fsp3) is 0.333. The van der Waals surface area contributed by atoms with Crippen LogP contribution >= 0.6 is 0 Å². The summed E-state index contributed by atoms with van der Waals surface area (Å²) in [4.78, 5) is 0. The topological polar surface area (TPSA) is 109 Å². The summed E-state index contributed by atoms with van der Waals surface area (Å²) in [5.74, 6) is 0.705. The Labute approximate surface area is 163 Å². The van der Waals surface area contributed by atoms with E-state index in [0.717, 1.165) is 11.1 Å². The van der Waals surface area contributed by atoms with E-state index in [1.165, 1.54) is 7.11 Å². The SMILES string of the molecule is COc1cc(C=Cc2ccccc2)ccc1OC1O[C@H](CO)[C@@H](O)[C@H](O)[C@H]1O. The van der Waals surface area contributed by atoms with Gasteiger partial charge in [0.1, 0.15) is 24.4 Å². The maximum absolute atomic E-state index is 10.1. The van der Waals surface area contributed by atoms with Gasteiger partial charge >= 0.3 is 0 Å². The largest absolute Gasteiger partial charge is 0.493 e. The first-order valence-electron chi connectivity index (χ1n) is 8.92. The van der Waals surface area contributed by atoms with Crippen molar-refractivity contribution in [2.24, 2.45) is 0 Å². The second-order valence-electron chi connectivity index (χ2n) is 6.47. The lowest BCUT2D eigenvalue weighted by molar-refractivity contribution is -0.277. The zero-order valence-electron chi connectivity index (χ0n) is 15.4. The summed E-state index contributed by atoms with van der Waals surface area (Å²) < 4.78 is 16.4. The number of aliphatic hydroxyl groups is 4. The molecule has 4 N–H and O–H groups in total. The summed E-state index contributed by atoms with van der Waals surface area (Å²) in [7, 11) is 1.49. The minimum atomic E-state index is -1.50. The zero-order valence-corrected chi connectivity index (χ0v) is 15.4. The summed E-state index contributed by atoms with van der Waals surface area (Å²) in [5.41, 5.74) is 1.94. The first-order valence-corrected chi connectivity index (χ1v) is 8.92. The number of methoxy groups -OCH3 is 1. The van der Waals surface area contributed by atoms with Gasteiger partial charge in [0.2, 0.25) is 6.29 Å². The fourth-order valence-electron chi connectivity index (χ4n) is 2.93. The molecule has 2 aromatic carbocycles. The molecular weight excluding hydrogens is 364 g/mol. The van der Waals surface area contributed by atoms with Crippen molar-refractivity contribution in [3.63, 3.8) is 0 Å². The molecule has 1 aliphatic rings. The molecule has 1 aliphatic heterocycles. The van der Waals surface area contributed by atoms with Crippen molar-refractivity contribution >= 4 is 12.2 Å². The van der Waals surface area contributed by atoms with Crippen molar-refractivity contribution in [2.75, 3.05) is 13.7 Å². The van der Waals surface area contributed by atoms with E-state index < -0.39 is 37.3 Å². The van der Waals surface area contributed by atoms with Crippen molar-refractivity contribution in [1.29, 1.82) is 0 Å². The van der Waals surface area contributed by atoms with Crippen molar-refractivity contribution in [3.8, 4) is 11.5 Å². The van der Waals surface area contributed by atoms with Gasteiger partial charge in [-0.15, -0.1) is 0 Å². The van der Waals surface area contributed by atoms with Gasteiger partial charge in [-0.3, -0.25) is 0 Å². The Morgan fingerprint density at radius 2 is 1.61 bits per heavy atom. The third kappa shape index (κ3) is 4.52. The lowest BCUT2D eigenvalue weighted by Gasteiger charge is -2.39. The molecule has 0 aromatic heterocycles. The van der Waals surface area contributed by atoms with Crippen LogP contribution < -0.4 is 9.47 Å². The Balaban J connectivity index is 1.76. The van der Waals surface area contributed by atoms with Crippen LogP contribution in [0.5, 0.6) is 11.5 Å². The minimum absolute atomic E-state index is 0.295. The summed E-state index contributed by atoms with van der Waals surface area (Å²) in [6, 6.07) is 15.1. The lowest BCUT2D eigenvalue weighted by Crippen LogP contribution is -2.60. The molecule has 1 saturated heterocycles. The minimum Gasteiger partial charge on any atom is -0.493 e. The second kappa shape index (κ2) is 9.18. The quantitative estimate of drug-likeness (QED) is 0.548. The van der Waals surface area contributed by atoms with E-state index in [1.807, 2.05) is 42.5 Å². The molecule has 1 heterocycles. The van der Waals surface area contributed by atoms with Crippen LogP contribution in [0.15, 0.2) is 48.5 Å². The Kier molecular flexibility index (Phi) is 6.66. The van der Waals surface area contributed by atoms with Crippen molar-refractivity contribution < 1.29 is 34.6 Å². The second-order valence-corrected chi connectivity index (χ2v) is 6.47. The fourth-order valence-corrected chi connectivity index (χ4v) is 2.93. The highest BCUT2D eigenvalue weighted by atomic mass is 16.7. The molecule has 5 atom stereocenters. The van der Waals surface area contributed by atoms with Crippen molar-refractivity contribution in [3.05, 3.63) is 59.7 Å². The van der Waals surface area contributed by atoms with Crippen LogP contribution in [-0.4, -0.2) is 64.8 Å². The van der Waals surface area contributed by atoms with Crippen LogP contribution in [0.3, 0.4) is 0 Å². The molecule has 1 fully saturated rings. The predicted octanol–water partition coefficient (Wildman–Crippen LogP) is 1.04. The molecule has 1 unspecified atom stereocenters. The number of hydrogen-bond acceptors (Lipinski definition) is 7. The summed E-state index contributed by atoms with van der Waals surface area (Å²) >= 11 is 0. The van der Waals surface area contributed by atoms with Crippen LogP contribution in [0.2, 0.25) is 0 Å². The van der Waals surface area contributed by atoms with E-state index in [9.17, 15) is 20.4 Å². The third-order valence-electron chi connectivity index (χ3n) is 4.55. The van der Waals surface area contributed by atoms with Gasteiger partial charge in [0.15, 0.2) is 11.5 Å². The molecule has 28 heavy (non-hydrogen) atoms. The van der Waals surface area contributed by atoms with Crippen molar-refractivity contribution in [1.82, 2.24) is 0 Å². The average Bonchev–Trinajstić information content (AvgIpc) is 2.74. The molecule has 0 saturated carbocycles. The van der Waals surface area contributed by atoms with E-state index in [2.05, 4.69) is 0 Å². The third-order valence-corrected chi connectivity index (χ3v) is 4.55.